The molecule has 0 saturated heterocycles. The van der Waals surface area contributed by atoms with Crippen molar-refractivity contribution in [2.24, 2.45) is 0 Å². The molecular formula is C43H25N3O2. The summed E-state index contributed by atoms with van der Waals surface area (Å²) in [7, 11) is 0. The number of hydrogen-bond donors (Lipinski definition) is 0. The van der Waals surface area contributed by atoms with E-state index >= 15 is 0 Å². The molecule has 5 heteroatoms. The van der Waals surface area contributed by atoms with Crippen molar-refractivity contribution in [3.8, 4) is 45.3 Å². The zero-order valence-corrected chi connectivity index (χ0v) is 25.6. The second-order valence-electron chi connectivity index (χ2n) is 12.0. The Bertz CT molecular complexity index is 2780. The van der Waals surface area contributed by atoms with Gasteiger partial charge in [0.2, 0.25) is 0 Å². The van der Waals surface area contributed by atoms with Crippen LogP contribution in [0, 0.1) is 0 Å². The molecule has 0 aliphatic carbocycles. The van der Waals surface area contributed by atoms with Crippen molar-refractivity contribution < 1.29 is 8.83 Å². The highest BCUT2D eigenvalue weighted by molar-refractivity contribution is 6.20. The van der Waals surface area contributed by atoms with Gasteiger partial charge in [-0.1, -0.05) is 127 Å². The van der Waals surface area contributed by atoms with Gasteiger partial charge in [-0.2, -0.15) is 0 Å². The van der Waals surface area contributed by atoms with Gasteiger partial charge < -0.3 is 8.83 Å². The summed E-state index contributed by atoms with van der Waals surface area (Å²) < 4.78 is 13.1. The normalized spacial score (nSPS) is 11.8. The summed E-state index contributed by atoms with van der Waals surface area (Å²) in [6, 6.07) is 51.5. The van der Waals surface area contributed by atoms with E-state index in [2.05, 4.69) is 66.7 Å². The van der Waals surface area contributed by atoms with Gasteiger partial charge in [0, 0.05) is 43.8 Å². The van der Waals surface area contributed by atoms with E-state index in [4.69, 9.17) is 23.8 Å². The van der Waals surface area contributed by atoms with Crippen LogP contribution in [0.2, 0.25) is 0 Å². The van der Waals surface area contributed by atoms with Crippen LogP contribution in [0.3, 0.4) is 0 Å². The van der Waals surface area contributed by atoms with Crippen LogP contribution < -0.4 is 0 Å². The molecule has 3 heterocycles. The maximum atomic E-state index is 6.74. The Hall–Kier alpha value is -6.59. The van der Waals surface area contributed by atoms with E-state index in [1.165, 1.54) is 5.39 Å². The first-order valence-electron chi connectivity index (χ1n) is 15.9. The van der Waals surface area contributed by atoms with Gasteiger partial charge in [-0.15, -0.1) is 0 Å². The monoisotopic (exact) mass is 615 g/mol. The number of hydrogen-bond acceptors (Lipinski definition) is 5. The molecule has 0 spiro atoms. The molecular weight excluding hydrogens is 590 g/mol. The predicted octanol–water partition coefficient (Wildman–Crippen LogP) is 11.5. The number of fused-ring (bicyclic) bond motifs is 7. The summed E-state index contributed by atoms with van der Waals surface area (Å²) in [5, 5.41) is 6.45. The zero-order chi connectivity index (χ0) is 31.6. The van der Waals surface area contributed by atoms with E-state index in [0.29, 0.717) is 17.5 Å². The highest BCUT2D eigenvalue weighted by atomic mass is 16.3. The Morgan fingerprint density at radius 2 is 0.896 bits per heavy atom. The van der Waals surface area contributed by atoms with Crippen LogP contribution >= 0.6 is 0 Å². The largest absolute Gasteiger partial charge is 0.456 e. The number of furan rings is 2. The maximum absolute atomic E-state index is 6.74. The number of rotatable bonds is 4. The van der Waals surface area contributed by atoms with Crippen LogP contribution in [0.1, 0.15) is 0 Å². The minimum absolute atomic E-state index is 0.594. The Labute approximate surface area is 274 Å². The Kier molecular flexibility index (Phi) is 5.81. The fraction of sp³-hybridized carbons (Fsp3) is 0. The van der Waals surface area contributed by atoms with Crippen LogP contribution in [0.4, 0.5) is 0 Å². The maximum Gasteiger partial charge on any atom is 0.164 e. The van der Waals surface area contributed by atoms with Crippen LogP contribution in [-0.4, -0.2) is 15.0 Å². The van der Waals surface area contributed by atoms with E-state index < -0.39 is 0 Å². The van der Waals surface area contributed by atoms with Gasteiger partial charge in [0.05, 0.1) is 0 Å². The number of nitrogens with zero attached hydrogens (tertiary/aromatic N) is 3. The van der Waals surface area contributed by atoms with Crippen LogP contribution in [0.15, 0.2) is 160 Å². The molecule has 0 saturated carbocycles. The van der Waals surface area contributed by atoms with Crippen LogP contribution in [0.5, 0.6) is 0 Å². The zero-order valence-electron chi connectivity index (χ0n) is 25.6. The van der Waals surface area contributed by atoms with Crippen molar-refractivity contribution >= 4 is 54.6 Å². The average Bonchev–Trinajstić information content (AvgIpc) is 3.72. The van der Waals surface area contributed by atoms with E-state index in [1.54, 1.807) is 0 Å². The van der Waals surface area contributed by atoms with Crippen molar-refractivity contribution in [2.45, 2.75) is 0 Å². The molecule has 0 amide bonds. The molecule has 224 valence electrons. The van der Waals surface area contributed by atoms with Crippen molar-refractivity contribution in [2.75, 3.05) is 0 Å². The molecule has 0 unspecified atom stereocenters. The summed E-state index contributed by atoms with van der Waals surface area (Å²) >= 11 is 0. The van der Waals surface area contributed by atoms with Gasteiger partial charge in [0.25, 0.3) is 0 Å². The predicted molar refractivity (Wildman–Crippen MR) is 194 cm³/mol. The molecule has 0 bridgehead atoms. The minimum Gasteiger partial charge on any atom is -0.456 e. The van der Waals surface area contributed by atoms with Crippen molar-refractivity contribution in [1.82, 2.24) is 15.0 Å². The Balaban J connectivity index is 1.22. The molecule has 3 aromatic heterocycles. The van der Waals surface area contributed by atoms with Crippen molar-refractivity contribution in [1.29, 1.82) is 0 Å². The summed E-state index contributed by atoms with van der Waals surface area (Å²) in [4.78, 5) is 15.0. The molecule has 10 rings (SSSR count). The summed E-state index contributed by atoms with van der Waals surface area (Å²) in [6.45, 7) is 0. The molecule has 0 aliphatic rings. The fourth-order valence-corrected chi connectivity index (χ4v) is 6.91. The van der Waals surface area contributed by atoms with Crippen LogP contribution in [-0.2, 0) is 0 Å². The first-order valence-corrected chi connectivity index (χ1v) is 15.9. The van der Waals surface area contributed by atoms with E-state index in [9.17, 15) is 0 Å². The van der Waals surface area contributed by atoms with Crippen molar-refractivity contribution in [3.63, 3.8) is 0 Å². The lowest BCUT2D eigenvalue weighted by molar-refractivity contribution is 0.669. The molecule has 5 nitrogen and oxygen atoms in total. The number of para-hydroxylation sites is 1. The second-order valence-corrected chi connectivity index (χ2v) is 12.0. The number of aromatic nitrogens is 3. The van der Waals surface area contributed by atoms with Crippen molar-refractivity contribution in [3.05, 3.63) is 152 Å². The molecule has 48 heavy (non-hydrogen) atoms. The van der Waals surface area contributed by atoms with E-state index in [0.717, 1.165) is 77.1 Å². The minimum atomic E-state index is 0.594. The second kappa shape index (κ2) is 10.5. The Morgan fingerprint density at radius 3 is 1.60 bits per heavy atom. The first kappa shape index (κ1) is 26.6. The van der Waals surface area contributed by atoms with Gasteiger partial charge in [-0.05, 0) is 40.6 Å². The Morgan fingerprint density at radius 1 is 0.354 bits per heavy atom. The third-order valence-electron chi connectivity index (χ3n) is 9.12. The SMILES string of the molecule is c1ccc(-c2nc(-c3ccccc3)nc(-c3cccc4oc5c(-c6cccc7oc8cc9ccccc9cc8c67)cccc5c34)n2)cc1. The smallest absolute Gasteiger partial charge is 0.164 e. The summed E-state index contributed by atoms with van der Waals surface area (Å²) in [5.74, 6) is 1.84. The van der Waals surface area contributed by atoms with E-state index in [1.807, 2.05) is 84.9 Å². The van der Waals surface area contributed by atoms with Gasteiger partial charge >= 0.3 is 0 Å². The lowest BCUT2D eigenvalue weighted by Gasteiger charge is -2.09. The quantitative estimate of drug-likeness (QED) is 0.197. The molecule has 0 atom stereocenters. The summed E-state index contributed by atoms with van der Waals surface area (Å²) in [5.41, 5.74) is 8.10. The van der Waals surface area contributed by atoms with Crippen LogP contribution in [0.25, 0.3) is 99.9 Å². The van der Waals surface area contributed by atoms with E-state index in [-0.39, 0.29) is 0 Å². The molecule has 10 aromatic rings. The highest BCUT2D eigenvalue weighted by Gasteiger charge is 2.21. The topological polar surface area (TPSA) is 65.0 Å². The third-order valence-corrected chi connectivity index (χ3v) is 9.12. The summed E-state index contributed by atoms with van der Waals surface area (Å²) in [6.07, 6.45) is 0. The average molecular weight is 616 g/mol. The molecule has 0 fully saturated rings. The van der Waals surface area contributed by atoms with Gasteiger partial charge in [-0.25, -0.2) is 15.0 Å². The number of benzene rings is 7. The van der Waals surface area contributed by atoms with Gasteiger partial charge in [-0.3, -0.25) is 0 Å². The fourth-order valence-electron chi connectivity index (χ4n) is 6.91. The lowest BCUT2D eigenvalue weighted by atomic mass is 9.96. The highest BCUT2D eigenvalue weighted by Crippen LogP contribution is 2.44. The molecule has 7 aromatic carbocycles. The molecule has 0 N–H and O–H groups in total. The standard InChI is InChI=1S/C43H25N3O2/c1-3-12-26(13-4-1)41-44-42(27-14-5-2-6-15-27)46-43(45-41)33-21-11-23-36-39(33)32-20-9-19-31(40(32)48-36)30-18-10-22-35-38(30)34-24-28-16-7-8-17-29(28)25-37(34)47-35/h1-25H. The third kappa shape index (κ3) is 4.15. The van der Waals surface area contributed by atoms with Gasteiger partial charge in [0.15, 0.2) is 17.5 Å². The van der Waals surface area contributed by atoms with Gasteiger partial charge in [0.1, 0.15) is 22.3 Å². The molecule has 0 aliphatic heterocycles. The first-order chi connectivity index (χ1) is 23.8. The molecule has 0 radical (unpaired) electrons. The lowest BCUT2D eigenvalue weighted by Crippen LogP contribution is -2.00.